The van der Waals surface area contributed by atoms with Gasteiger partial charge in [-0.3, -0.25) is 9.59 Å². The maximum atomic E-state index is 10.6. The molecule has 1 aromatic carbocycles. The van der Waals surface area contributed by atoms with Gasteiger partial charge in [0, 0.05) is 19.2 Å². The number of carboxylic acid groups (broad SMARTS) is 1. The Hall–Kier alpha value is -1.53. The first-order valence-corrected chi connectivity index (χ1v) is 6.84. The summed E-state index contributed by atoms with van der Waals surface area (Å²) in [7, 11) is 0. The van der Waals surface area contributed by atoms with Gasteiger partial charge in [0.15, 0.2) is 0 Å². The topological polar surface area (TPSA) is 86.6 Å². The number of nitrogens with one attached hydrogen (secondary N) is 1. The standard InChI is InChI=1S/C10H12O3.C4H9NOS/c1-7(10(12)13)9(11)8-5-3-2-4-6-8;1-4(6)5-2-3-7/h2-7,9,11H,1H3,(H,12,13);7H,2-3H2,1H3,(H,5,6). The van der Waals surface area contributed by atoms with Crippen molar-refractivity contribution in [2.45, 2.75) is 20.0 Å². The molecule has 0 spiro atoms. The first-order chi connectivity index (χ1) is 9.40. The van der Waals surface area contributed by atoms with Crippen LogP contribution in [0.25, 0.3) is 0 Å². The van der Waals surface area contributed by atoms with E-state index in [1.807, 2.05) is 6.07 Å². The largest absolute Gasteiger partial charge is 0.481 e. The molecule has 20 heavy (non-hydrogen) atoms. The number of amides is 1. The summed E-state index contributed by atoms with van der Waals surface area (Å²) >= 11 is 3.88. The molecule has 0 aliphatic rings. The lowest BCUT2D eigenvalue weighted by atomic mass is 9.98. The third kappa shape index (κ3) is 7.81. The normalized spacial score (nSPS) is 12.6. The predicted octanol–water partition coefficient (Wildman–Crippen LogP) is 1.49. The van der Waals surface area contributed by atoms with Gasteiger partial charge in [0.25, 0.3) is 0 Å². The smallest absolute Gasteiger partial charge is 0.309 e. The molecule has 5 nitrogen and oxygen atoms in total. The molecule has 0 radical (unpaired) electrons. The molecule has 2 atom stereocenters. The van der Waals surface area contributed by atoms with Crippen molar-refractivity contribution < 1.29 is 19.8 Å². The minimum atomic E-state index is -0.989. The lowest BCUT2D eigenvalue weighted by Crippen LogP contribution is -2.21. The first-order valence-electron chi connectivity index (χ1n) is 6.21. The molecule has 1 amide bonds. The molecular weight excluding hydrogens is 278 g/mol. The number of aliphatic hydroxyl groups is 1. The summed E-state index contributed by atoms with van der Waals surface area (Å²) in [6.45, 7) is 3.64. The van der Waals surface area contributed by atoms with Crippen LogP contribution in [-0.2, 0) is 9.59 Å². The second-order valence-corrected chi connectivity index (χ2v) is 4.64. The molecular formula is C14H21NO4S. The number of hydrogen-bond donors (Lipinski definition) is 4. The fraction of sp³-hybridized carbons (Fsp3) is 0.429. The first kappa shape index (κ1) is 18.5. The summed E-state index contributed by atoms with van der Waals surface area (Å²) in [5.74, 6) is -1.05. The van der Waals surface area contributed by atoms with E-state index in [-0.39, 0.29) is 5.91 Å². The molecule has 6 heteroatoms. The highest BCUT2D eigenvalue weighted by atomic mass is 32.1. The van der Waals surface area contributed by atoms with Crippen molar-refractivity contribution in [2.75, 3.05) is 12.3 Å². The predicted molar refractivity (Wildman–Crippen MR) is 80.7 cm³/mol. The zero-order chi connectivity index (χ0) is 15.5. The number of thiol groups is 1. The van der Waals surface area contributed by atoms with Gasteiger partial charge in [0.2, 0.25) is 5.91 Å². The minimum absolute atomic E-state index is 0.00838. The number of aliphatic hydroxyl groups excluding tert-OH is 1. The molecule has 0 aliphatic heterocycles. The molecule has 1 aromatic rings. The highest BCUT2D eigenvalue weighted by molar-refractivity contribution is 7.80. The van der Waals surface area contributed by atoms with Gasteiger partial charge in [-0.25, -0.2) is 0 Å². The zero-order valence-electron chi connectivity index (χ0n) is 11.6. The molecule has 3 N–H and O–H groups in total. The second-order valence-electron chi connectivity index (χ2n) is 4.19. The summed E-state index contributed by atoms with van der Waals surface area (Å²) in [6, 6.07) is 8.79. The lowest BCUT2D eigenvalue weighted by Gasteiger charge is -2.14. The van der Waals surface area contributed by atoms with Crippen molar-refractivity contribution in [1.29, 1.82) is 0 Å². The third-order valence-electron chi connectivity index (χ3n) is 2.49. The van der Waals surface area contributed by atoms with Gasteiger partial charge in [-0.1, -0.05) is 30.3 Å². The number of aliphatic carboxylic acids is 1. The Morgan fingerprint density at radius 3 is 2.20 bits per heavy atom. The molecule has 2 unspecified atom stereocenters. The van der Waals surface area contributed by atoms with Crippen LogP contribution >= 0.6 is 12.6 Å². The number of hydrogen-bond acceptors (Lipinski definition) is 4. The molecule has 0 aromatic heterocycles. The van der Waals surface area contributed by atoms with Crippen LogP contribution in [0.15, 0.2) is 30.3 Å². The van der Waals surface area contributed by atoms with Crippen LogP contribution in [0.1, 0.15) is 25.5 Å². The SMILES string of the molecule is CC(=O)NCCS.CC(C(=O)O)C(O)c1ccccc1. The number of rotatable bonds is 5. The fourth-order valence-electron chi connectivity index (χ4n) is 1.31. The Bertz CT molecular complexity index is 411. The van der Waals surface area contributed by atoms with Crippen LogP contribution in [0, 0.1) is 5.92 Å². The van der Waals surface area contributed by atoms with E-state index < -0.39 is 18.0 Å². The summed E-state index contributed by atoms with van der Waals surface area (Å²) in [5.41, 5.74) is 0.636. The molecule has 0 aliphatic carbocycles. The molecule has 0 saturated heterocycles. The monoisotopic (exact) mass is 299 g/mol. The van der Waals surface area contributed by atoms with Crippen molar-refractivity contribution in [2.24, 2.45) is 5.92 Å². The van der Waals surface area contributed by atoms with Gasteiger partial charge < -0.3 is 15.5 Å². The van der Waals surface area contributed by atoms with E-state index in [9.17, 15) is 14.7 Å². The molecule has 0 saturated carbocycles. The summed E-state index contributed by atoms with van der Waals surface area (Å²) in [6.07, 6.45) is -0.932. The van der Waals surface area contributed by atoms with Crippen LogP contribution in [0.3, 0.4) is 0 Å². The summed E-state index contributed by atoms with van der Waals surface area (Å²) in [4.78, 5) is 20.6. The number of carbonyl (C=O) groups excluding carboxylic acids is 1. The van der Waals surface area contributed by atoms with Crippen molar-refractivity contribution in [1.82, 2.24) is 5.32 Å². The van der Waals surface area contributed by atoms with E-state index in [2.05, 4.69) is 17.9 Å². The summed E-state index contributed by atoms with van der Waals surface area (Å²) in [5, 5.41) is 20.8. The average Bonchev–Trinajstić information content (AvgIpc) is 2.45. The van der Waals surface area contributed by atoms with Crippen LogP contribution in [0.5, 0.6) is 0 Å². The average molecular weight is 299 g/mol. The highest BCUT2D eigenvalue weighted by Gasteiger charge is 2.22. The third-order valence-corrected chi connectivity index (χ3v) is 2.71. The fourth-order valence-corrected chi connectivity index (χ4v) is 1.42. The Morgan fingerprint density at radius 2 is 1.85 bits per heavy atom. The maximum Gasteiger partial charge on any atom is 0.309 e. The van der Waals surface area contributed by atoms with E-state index in [0.717, 1.165) is 0 Å². The zero-order valence-corrected chi connectivity index (χ0v) is 12.5. The van der Waals surface area contributed by atoms with Crippen molar-refractivity contribution >= 4 is 24.5 Å². The van der Waals surface area contributed by atoms with E-state index in [1.165, 1.54) is 13.8 Å². The molecule has 0 bridgehead atoms. The van der Waals surface area contributed by atoms with Crippen LogP contribution in [0.2, 0.25) is 0 Å². The Kier molecular flexibility index (Phi) is 9.49. The van der Waals surface area contributed by atoms with Gasteiger partial charge in [-0.05, 0) is 12.5 Å². The Labute approximate surface area is 124 Å². The molecule has 112 valence electrons. The number of carbonyl (C=O) groups is 2. The van der Waals surface area contributed by atoms with Gasteiger partial charge >= 0.3 is 5.97 Å². The van der Waals surface area contributed by atoms with Crippen molar-refractivity contribution in [3.05, 3.63) is 35.9 Å². The number of carboxylic acids is 1. The van der Waals surface area contributed by atoms with E-state index in [4.69, 9.17) is 5.11 Å². The lowest BCUT2D eigenvalue weighted by molar-refractivity contribution is -0.145. The number of benzene rings is 1. The molecule has 1 rings (SSSR count). The molecule has 0 heterocycles. The van der Waals surface area contributed by atoms with E-state index >= 15 is 0 Å². The van der Waals surface area contributed by atoms with E-state index in [0.29, 0.717) is 17.9 Å². The van der Waals surface area contributed by atoms with Gasteiger partial charge in [0.05, 0.1) is 12.0 Å². The minimum Gasteiger partial charge on any atom is -0.481 e. The second kappa shape index (κ2) is 10.3. The van der Waals surface area contributed by atoms with Gasteiger partial charge in [-0.15, -0.1) is 0 Å². The van der Waals surface area contributed by atoms with Crippen LogP contribution in [0.4, 0.5) is 0 Å². The van der Waals surface area contributed by atoms with Crippen LogP contribution < -0.4 is 5.32 Å². The van der Waals surface area contributed by atoms with Crippen LogP contribution in [-0.4, -0.2) is 34.4 Å². The Morgan fingerprint density at radius 1 is 1.30 bits per heavy atom. The highest BCUT2D eigenvalue weighted by Crippen LogP contribution is 2.21. The summed E-state index contributed by atoms with van der Waals surface area (Å²) < 4.78 is 0. The van der Waals surface area contributed by atoms with E-state index in [1.54, 1.807) is 24.3 Å². The van der Waals surface area contributed by atoms with Gasteiger partial charge in [-0.2, -0.15) is 12.6 Å². The van der Waals surface area contributed by atoms with Crippen molar-refractivity contribution in [3.63, 3.8) is 0 Å². The maximum absolute atomic E-state index is 10.6. The van der Waals surface area contributed by atoms with Crippen molar-refractivity contribution in [3.8, 4) is 0 Å². The molecule has 0 fully saturated rings. The quantitative estimate of drug-likeness (QED) is 0.621. The van der Waals surface area contributed by atoms with Gasteiger partial charge in [0.1, 0.15) is 0 Å². The Balaban J connectivity index is 0.000000441.